The fourth-order valence-corrected chi connectivity index (χ4v) is 3.30. The third-order valence-corrected chi connectivity index (χ3v) is 4.18. The van der Waals surface area contributed by atoms with E-state index in [2.05, 4.69) is 26.4 Å². The normalized spacial score (nSPS) is 27.1. The molecule has 2 aliphatic heterocycles. The summed E-state index contributed by atoms with van der Waals surface area (Å²) < 4.78 is 1.93. The van der Waals surface area contributed by atoms with Crippen LogP contribution in [0.15, 0.2) is 18.5 Å². The molecule has 4 rings (SSSR count). The summed E-state index contributed by atoms with van der Waals surface area (Å²) in [5.41, 5.74) is 2.17. The smallest absolute Gasteiger partial charge is 0.154 e. The van der Waals surface area contributed by atoms with Crippen molar-refractivity contribution in [1.29, 1.82) is 0 Å². The molecular weight excluding hydrogens is 226 g/mol. The van der Waals surface area contributed by atoms with Gasteiger partial charge in [0.05, 0.1) is 5.69 Å². The quantitative estimate of drug-likeness (QED) is 0.800. The van der Waals surface area contributed by atoms with Gasteiger partial charge < -0.3 is 10.2 Å². The highest BCUT2D eigenvalue weighted by molar-refractivity contribution is 5.69. The molecule has 2 aromatic rings. The van der Waals surface area contributed by atoms with Gasteiger partial charge in [-0.05, 0) is 24.8 Å². The Bertz CT molecular complexity index is 578. The van der Waals surface area contributed by atoms with Crippen molar-refractivity contribution in [2.24, 2.45) is 11.8 Å². The first-order chi connectivity index (χ1) is 8.81. The Morgan fingerprint density at radius 2 is 2.06 bits per heavy atom. The average molecular weight is 243 g/mol. The van der Waals surface area contributed by atoms with Crippen LogP contribution in [0.5, 0.6) is 0 Å². The summed E-state index contributed by atoms with van der Waals surface area (Å²) in [5, 5.41) is 7.93. The van der Waals surface area contributed by atoms with Crippen LogP contribution >= 0.6 is 0 Å². The van der Waals surface area contributed by atoms with Crippen molar-refractivity contribution < 1.29 is 0 Å². The minimum Gasteiger partial charge on any atom is -0.354 e. The van der Waals surface area contributed by atoms with Crippen molar-refractivity contribution in [1.82, 2.24) is 19.9 Å². The van der Waals surface area contributed by atoms with Gasteiger partial charge in [0.2, 0.25) is 0 Å². The van der Waals surface area contributed by atoms with Crippen LogP contribution in [0.3, 0.4) is 0 Å². The summed E-state index contributed by atoms with van der Waals surface area (Å²) in [6.07, 6.45) is 3.77. The first-order valence-electron chi connectivity index (χ1n) is 6.58. The monoisotopic (exact) mass is 243 g/mol. The number of hydrogen-bond donors (Lipinski definition) is 1. The zero-order valence-electron chi connectivity index (χ0n) is 10.5. The van der Waals surface area contributed by atoms with Crippen LogP contribution < -0.4 is 10.2 Å². The molecule has 0 aliphatic carbocycles. The zero-order chi connectivity index (χ0) is 12.1. The molecule has 5 heteroatoms. The summed E-state index contributed by atoms with van der Waals surface area (Å²) in [4.78, 5) is 7.00. The maximum absolute atomic E-state index is 4.57. The van der Waals surface area contributed by atoms with Gasteiger partial charge in [-0.2, -0.15) is 5.10 Å². The molecule has 0 spiro atoms. The molecule has 0 saturated carbocycles. The van der Waals surface area contributed by atoms with Crippen LogP contribution in [-0.2, 0) is 0 Å². The number of aromatic nitrogens is 3. The molecule has 2 atom stereocenters. The SMILES string of the molecule is Cc1cc2c(N3C[C@H]4CNC[C@H]4C3)nccn2n1. The fourth-order valence-electron chi connectivity index (χ4n) is 3.30. The number of anilines is 1. The fraction of sp³-hybridized carbons (Fsp3) is 0.538. The summed E-state index contributed by atoms with van der Waals surface area (Å²) in [5.74, 6) is 2.67. The second-order valence-corrected chi connectivity index (χ2v) is 5.45. The third kappa shape index (κ3) is 1.43. The molecule has 2 aromatic heterocycles. The molecule has 0 bridgehead atoms. The highest BCUT2D eigenvalue weighted by Gasteiger charge is 2.37. The van der Waals surface area contributed by atoms with Crippen molar-refractivity contribution in [3.63, 3.8) is 0 Å². The molecule has 0 amide bonds. The Hall–Kier alpha value is -1.62. The van der Waals surface area contributed by atoms with Gasteiger partial charge in [-0.25, -0.2) is 9.50 Å². The van der Waals surface area contributed by atoms with Crippen LogP contribution in [0.25, 0.3) is 5.52 Å². The number of aryl methyl sites for hydroxylation is 1. The lowest BCUT2D eigenvalue weighted by molar-refractivity contribution is 0.533. The average Bonchev–Trinajstić information content (AvgIpc) is 2.98. The van der Waals surface area contributed by atoms with Gasteiger partial charge in [-0.3, -0.25) is 0 Å². The summed E-state index contributed by atoms with van der Waals surface area (Å²) in [7, 11) is 0. The Morgan fingerprint density at radius 3 is 2.83 bits per heavy atom. The lowest BCUT2D eigenvalue weighted by Gasteiger charge is -2.19. The zero-order valence-corrected chi connectivity index (χ0v) is 10.5. The summed E-state index contributed by atoms with van der Waals surface area (Å²) in [6, 6.07) is 2.12. The number of rotatable bonds is 1. The van der Waals surface area contributed by atoms with E-state index in [4.69, 9.17) is 0 Å². The lowest BCUT2D eigenvalue weighted by Crippen LogP contribution is -2.26. The van der Waals surface area contributed by atoms with E-state index in [0.717, 1.165) is 55.0 Å². The van der Waals surface area contributed by atoms with Gasteiger partial charge in [-0.1, -0.05) is 0 Å². The highest BCUT2D eigenvalue weighted by atomic mass is 15.3. The first-order valence-corrected chi connectivity index (χ1v) is 6.58. The van der Waals surface area contributed by atoms with Crippen LogP contribution in [0.4, 0.5) is 5.82 Å². The van der Waals surface area contributed by atoms with E-state index in [1.165, 1.54) is 0 Å². The summed E-state index contributed by atoms with van der Waals surface area (Å²) >= 11 is 0. The van der Waals surface area contributed by atoms with Gasteiger partial charge in [0, 0.05) is 38.6 Å². The number of fused-ring (bicyclic) bond motifs is 2. The van der Waals surface area contributed by atoms with Gasteiger partial charge in [-0.15, -0.1) is 0 Å². The largest absolute Gasteiger partial charge is 0.354 e. The van der Waals surface area contributed by atoms with E-state index in [1.54, 1.807) is 0 Å². The number of nitrogens with zero attached hydrogens (tertiary/aromatic N) is 4. The van der Waals surface area contributed by atoms with Gasteiger partial charge >= 0.3 is 0 Å². The topological polar surface area (TPSA) is 45.5 Å². The Morgan fingerprint density at radius 1 is 1.28 bits per heavy atom. The van der Waals surface area contributed by atoms with Crippen molar-refractivity contribution in [2.45, 2.75) is 6.92 Å². The molecule has 2 fully saturated rings. The van der Waals surface area contributed by atoms with Crippen LogP contribution in [0, 0.1) is 18.8 Å². The third-order valence-electron chi connectivity index (χ3n) is 4.18. The van der Waals surface area contributed by atoms with Gasteiger partial charge in [0.25, 0.3) is 0 Å². The minimum atomic E-state index is 0.788. The highest BCUT2D eigenvalue weighted by Crippen LogP contribution is 2.31. The Balaban J connectivity index is 1.74. The first kappa shape index (κ1) is 10.3. The van der Waals surface area contributed by atoms with E-state index in [9.17, 15) is 0 Å². The molecule has 2 saturated heterocycles. The van der Waals surface area contributed by atoms with Crippen molar-refractivity contribution >= 4 is 11.3 Å². The van der Waals surface area contributed by atoms with Crippen molar-refractivity contribution in [3.05, 3.63) is 24.2 Å². The molecule has 2 aliphatic rings. The summed E-state index contributed by atoms with van der Waals surface area (Å²) in [6.45, 7) is 6.58. The van der Waals surface area contributed by atoms with E-state index in [0.29, 0.717) is 0 Å². The lowest BCUT2D eigenvalue weighted by atomic mass is 10.0. The van der Waals surface area contributed by atoms with Gasteiger partial charge in [0.1, 0.15) is 5.52 Å². The second kappa shape index (κ2) is 3.68. The van der Waals surface area contributed by atoms with E-state index in [1.807, 2.05) is 23.8 Å². The maximum Gasteiger partial charge on any atom is 0.154 e. The van der Waals surface area contributed by atoms with Gasteiger partial charge in [0.15, 0.2) is 5.82 Å². The number of nitrogens with one attached hydrogen (secondary N) is 1. The minimum absolute atomic E-state index is 0.788. The van der Waals surface area contributed by atoms with Crippen molar-refractivity contribution in [3.8, 4) is 0 Å². The maximum atomic E-state index is 4.57. The van der Waals surface area contributed by atoms with E-state index >= 15 is 0 Å². The number of hydrogen-bond acceptors (Lipinski definition) is 4. The molecule has 5 nitrogen and oxygen atoms in total. The Kier molecular flexibility index (Phi) is 2.11. The standard InChI is InChI=1S/C13H17N5/c1-9-4-12-13(15-2-3-18(12)16-9)17-7-10-5-14-6-11(10)8-17/h2-4,10-11,14H,5-8H2,1H3/t10-,11+. The van der Waals surface area contributed by atoms with Crippen LogP contribution in [0.2, 0.25) is 0 Å². The molecule has 18 heavy (non-hydrogen) atoms. The van der Waals surface area contributed by atoms with E-state index < -0.39 is 0 Å². The van der Waals surface area contributed by atoms with Crippen LogP contribution in [-0.4, -0.2) is 40.8 Å². The van der Waals surface area contributed by atoms with E-state index in [-0.39, 0.29) is 0 Å². The predicted octanol–water partition coefficient (Wildman–Crippen LogP) is 0.693. The molecule has 0 radical (unpaired) electrons. The van der Waals surface area contributed by atoms with Crippen molar-refractivity contribution in [2.75, 3.05) is 31.1 Å². The molecule has 0 aromatic carbocycles. The molecule has 1 N–H and O–H groups in total. The Labute approximate surface area is 106 Å². The molecule has 0 unspecified atom stereocenters. The molecule has 4 heterocycles. The predicted molar refractivity (Wildman–Crippen MR) is 69.8 cm³/mol. The van der Waals surface area contributed by atoms with Crippen LogP contribution in [0.1, 0.15) is 5.69 Å². The molecule has 94 valence electrons. The molecular formula is C13H17N5. The second-order valence-electron chi connectivity index (χ2n) is 5.45.